The summed E-state index contributed by atoms with van der Waals surface area (Å²) in [5.41, 5.74) is 4.21. The highest BCUT2D eigenvalue weighted by Gasteiger charge is 2.05. The van der Waals surface area contributed by atoms with Crippen molar-refractivity contribution in [3.05, 3.63) is 46.6 Å². The number of aliphatic hydroxyl groups excluding tert-OH is 1. The van der Waals surface area contributed by atoms with Crippen molar-refractivity contribution < 1.29 is 15.0 Å². The quantitative estimate of drug-likeness (QED) is 0.407. The summed E-state index contributed by atoms with van der Waals surface area (Å²) in [6, 6.07) is 0. The Morgan fingerprint density at radius 2 is 1.30 bits per heavy atom. The predicted octanol–water partition coefficient (Wildman–Crippen LogP) is 5.19. The van der Waals surface area contributed by atoms with Crippen LogP contribution in [0.3, 0.4) is 0 Å². The minimum atomic E-state index is -0.829. The summed E-state index contributed by atoms with van der Waals surface area (Å²) in [6.45, 7) is 8.29. The summed E-state index contributed by atoms with van der Waals surface area (Å²) < 4.78 is 0. The van der Waals surface area contributed by atoms with Crippen molar-refractivity contribution >= 4 is 5.97 Å². The molecule has 0 unspecified atom stereocenters. The van der Waals surface area contributed by atoms with Crippen molar-refractivity contribution in [2.75, 3.05) is 6.61 Å². The molecule has 0 atom stereocenters. The zero-order chi connectivity index (χ0) is 17.7. The number of carboxylic acids is 1. The molecule has 23 heavy (non-hydrogen) atoms. The van der Waals surface area contributed by atoms with Gasteiger partial charge >= 0.3 is 5.97 Å². The van der Waals surface area contributed by atoms with Gasteiger partial charge < -0.3 is 10.2 Å². The maximum atomic E-state index is 11.3. The van der Waals surface area contributed by atoms with Crippen LogP contribution in [-0.4, -0.2) is 22.8 Å². The second kappa shape index (κ2) is 12.9. The minimum absolute atomic E-state index is 0.0398. The molecule has 130 valence electrons. The average Bonchev–Trinajstić information content (AvgIpc) is 2.45. The number of carbonyl (C=O) groups is 1. The van der Waals surface area contributed by atoms with Gasteiger partial charge in [-0.05, 0) is 66.2 Å². The number of allylic oxidation sites excluding steroid dienone is 6. The van der Waals surface area contributed by atoms with Crippen molar-refractivity contribution in [3.8, 4) is 0 Å². The third-order valence-corrected chi connectivity index (χ3v) is 3.64. The van der Waals surface area contributed by atoms with Gasteiger partial charge in [0.05, 0.1) is 6.61 Å². The molecule has 0 aromatic carbocycles. The molecule has 0 aliphatic heterocycles. The minimum Gasteiger partial charge on any atom is -0.478 e. The van der Waals surface area contributed by atoms with Crippen LogP contribution in [0.4, 0.5) is 0 Å². The lowest BCUT2D eigenvalue weighted by molar-refractivity contribution is -0.132. The van der Waals surface area contributed by atoms with Crippen molar-refractivity contribution in [2.45, 2.75) is 66.2 Å². The maximum Gasteiger partial charge on any atom is 0.331 e. The van der Waals surface area contributed by atoms with Crippen molar-refractivity contribution in [3.63, 3.8) is 0 Å². The van der Waals surface area contributed by atoms with E-state index >= 15 is 0 Å². The first kappa shape index (κ1) is 21.4. The second-order valence-electron chi connectivity index (χ2n) is 6.22. The van der Waals surface area contributed by atoms with Gasteiger partial charge in [0.15, 0.2) is 0 Å². The van der Waals surface area contributed by atoms with Crippen molar-refractivity contribution in [1.29, 1.82) is 0 Å². The number of aliphatic hydroxyl groups is 1. The summed E-state index contributed by atoms with van der Waals surface area (Å²) in [4.78, 5) is 11.3. The molecule has 0 radical (unpaired) electrons. The Morgan fingerprint density at radius 3 is 1.83 bits per heavy atom. The molecule has 0 spiro atoms. The van der Waals surface area contributed by atoms with E-state index in [1.807, 2.05) is 13.0 Å². The van der Waals surface area contributed by atoms with Gasteiger partial charge in [-0.1, -0.05) is 41.0 Å². The van der Waals surface area contributed by atoms with Crippen LogP contribution >= 0.6 is 0 Å². The summed E-state index contributed by atoms with van der Waals surface area (Å²) >= 11 is 0. The first-order valence-electron chi connectivity index (χ1n) is 8.34. The highest BCUT2D eigenvalue weighted by Crippen LogP contribution is 2.14. The first-order valence-corrected chi connectivity index (χ1v) is 8.34. The van der Waals surface area contributed by atoms with Crippen molar-refractivity contribution in [1.82, 2.24) is 0 Å². The molecule has 2 N–H and O–H groups in total. The van der Waals surface area contributed by atoms with Gasteiger partial charge in [-0.25, -0.2) is 4.79 Å². The van der Waals surface area contributed by atoms with Crippen molar-refractivity contribution in [2.24, 2.45) is 0 Å². The Balaban J connectivity index is 4.35. The monoisotopic (exact) mass is 320 g/mol. The molecule has 0 aromatic rings. The summed E-state index contributed by atoms with van der Waals surface area (Å²) in [5.74, 6) is -0.829. The Morgan fingerprint density at radius 1 is 0.783 bits per heavy atom. The van der Waals surface area contributed by atoms with E-state index in [1.54, 1.807) is 6.08 Å². The van der Waals surface area contributed by atoms with Crippen LogP contribution in [0.2, 0.25) is 0 Å². The number of hydrogen-bond donors (Lipinski definition) is 2. The van der Waals surface area contributed by atoms with Gasteiger partial charge in [0.1, 0.15) is 0 Å². The van der Waals surface area contributed by atoms with Gasteiger partial charge in [-0.2, -0.15) is 0 Å². The fourth-order valence-corrected chi connectivity index (χ4v) is 2.19. The second-order valence-corrected chi connectivity index (χ2v) is 6.22. The van der Waals surface area contributed by atoms with Crippen LogP contribution in [-0.2, 0) is 4.79 Å². The molecule has 3 heteroatoms. The van der Waals surface area contributed by atoms with Crippen LogP contribution in [0, 0.1) is 0 Å². The maximum absolute atomic E-state index is 11.3. The lowest BCUT2D eigenvalue weighted by Crippen LogP contribution is -2.00. The Hall–Kier alpha value is -1.61. The highest BCUT2D eigenvalue weighted by molar-refractivity contribution is 5.86. The standard InChI is InChI=1S/C20H32O3/c1-16(2)8-5-9-17(3)10-6-12-19(20(22)23)13-7-11-18(4)14-15-21/h8,10,13-14,21H,5-7,9,11-12,15H2,1-4H3,(H,22,23)/b17-10+,18-14-,19-13-. The van der Waals surface area contributed by atoms with Crippen LogP contribution in [0.1, 0.15) is 66.2 Å². The smallest absolute Gasteiger partial charge is 0.331 e. The zero-order valence-electron chi connectivity index (χ0n) is 15.1. The van der Waals surface area contributed by atoms with E-state index in [-0.39, 0.29) is 6.61 Å². The van der Waals surface area contributed by atoms with E-state index in [0.717, 1.165) is 31.3 Å². The van der Waals surface area contributed by atoms with E-state index in [0.29, 0.717) is 18.4 Å². The molecule has 0 aliphatic carbocycles. The molecule has 0 amide bonds. The van der Waals surface area contributed by atoms with Crippen LogP contribution in [0.25, 0.3) is 0 Å². The third kappa shape index (κ3) is 12.6. The number of aliphatic carboxylic acids is 1. The van der Waals surface area contributed by atoms with Gasteiger partial charge in [-0.3, -0.25) is 0 Å². The normalized spacial score (nSPS) is 13.2. The molecule has 0 saturated heterocycles. The molecule has 0 bridgehead atoms. The van der Waals surface area contributed by atoms with E-state index in [1.165, 1.54) is 11.1 Å². The van der Waals surface area contributed by atoms with E-state index in [4.69, 9.17) is 5.11 Å². The fraction of sp³-hybridized carbons (Fsp3) is 0.550. The molecular weight excluding hydrogens is 288 g/mol. The molecule has 0 aromatic heterocycles. The number of hydrogen-bond acceptors (Lipinski definition) is 2. The zero-order valence-corrected chi connectivity index (χ0v) is 15.1. The molecule has 0 fully saturated rings. The van der Waals surface area contributed by atoms with E-state index in [2.05, 4.69) is 32.9 Å². The fourth-order valence-electron chi connectivity index (χ4n) is 2.19. The molecule has 0 aliphatic rings. The lowest BCUT2D eigenvalue weighted by Gasteiger charge is -2.03. The lowest BCUT2D eigenvalue weighted by atomic mass is 10.0. The topological polar surface area (TPSA) is 57.5 Å². The summed E-state index contributed by atoms with van der Waals surface area (Å²) in [6.07, 6.45) is 12.8. The molecule has 3 nitrogen and oxygen atoms in total. The third-order valence-electron chi connectivity index (χ3n) is 3.64. The SMILES string of the molecule is CC(C)=CCC/C(C)=C/CC/C(=C/CC/C(C)=C\CO)C(=O)O. The predicted molar refractivity (Wildman–Crippen MR) is 97.5 cm³/mol. The molecule has 0 saturated carbocycles. The molecule has 0 heterocycles. The molecule has 0 rings (SSSR count). The number of rotatable bonds is 11. The van der Waals surface area contributed by atoms with Gasteiger partial charge in [0.2, 0.25) is 0 Å². The van der Waals surface area contributed by atoms with Crippen LogP contribution in [0.5, 0.6) is 0 Å². The van der Waals surface area contributed by atoms with Crippen LogP contribution < -0.4 is 0 Å². The van der Waals surface area contributed by atoms with Gasteiger partial charge in [0.25, 0.3) is 0 Å². The summed E-state index contributed by atoms with van der Waals surface area (Å²) in [7, 11) is 0. The van der Waals surface area contributed by atoms with Gasteiger partial charge in [-0.15, -0.1) is 0 Å². The average molecular weight is 320 g/mol. The van der Waals surface area contributed by atoms with E-state index < -0.39 is 5.97 Å². The summed E-state index contributed by atoms with van der Waals surface area (Å²) in [5, 5.41) is 18.1. The highest BCUT2D eigenvalue weighted by atomic mass is 16.4. The Labute approximate surface area is 141 Å². The Bertz CT molecular complexity index is 475. The van der Waals surface area contributed by atoms with Gasteiger partial charge in [0, 0.05) is 5.57 Å². The van der Waals surface area contributed by atoms with Crippen LogP contribution in [0.15, 0.2) is 46.6 Å². The number of carboxylic acid groups (broad SMARTS) is 1. The first-order chi connectivity index (χ1) is 10.9. The van der Waals surface area contributed by atoms with E-state index in [9.17, 15) is 9.90 Å². The largest absolute Gasteiger partial charge is 0.478 e. The molecular formula is C20H32O3. The Kier molecular flexibility index (Phi) is 12.0.